The van der Waals surface area contributed by atoms with Crippen molar-refractivity contribution in [3.8, 4) is 11.5 Å². The van der Waals surface area contributed by atoms with Crippen molar-refractivity contribution in [2.24, 2.45) is 0 Å². The fourth-order valence-electron chi connectivity index (χ4n) is 3.10. The van der Waals surface area contributed by atoms with E-state index in [0.717, 1.165) is 17.9 Å². The van der Waals surface area contributed by atoms with Crippen molar-refractivity contribution in [3.63, 3.8) is 0 Å². The van der Waals surface area contributed by atoms with Gasteiger partial charge in [-0.15, -0.1) is 0 Å². The van der Waals surface area contributed by atoms with E-state index >= 15 is 0 Å². The number of methoxy groups -OCH3 is 2. The van der Waals surface area contributed by atoms with E-state index in [9.17, 15) is 0 Å². The second-order valence-corrected chi connectivity index (χ2v) is 11.2. The highest BCUT2D eigenvalue weighted by molar-refractivity contribution is 6.86. The molecule has 0 saturated carbocycles. The summed E-state index contributed by atoms with van der Waals surface area (Å²) >= 11 is 0. The molecule has 19 heavy (non-hydrogen) atoms. The lowest BCUT2D eigenvalue weighted by molar-refractivity contribution is 0.398. The molecule has 0 bridgehead atoms. The van der Waals surface area contributed by atoms with Crippen molar-refractivity contribution in [2.45, 2.75) is 26.1 Å². The van der Waals surface area contributed by atoms with Crippen LogP contribution in [0.4, 0.5) is 0 Å². The van der Waals surface area contributed by atoms with E-state index in [1.54, 1.807) is 25.0 Å². The summed E-state index contributed by atoms with van der Waals surface area (Å²) in [5.41, 5.74) is 5.51. The lowest BCUT2D eigenvalue weighted by Crippen LogP contribution is -2.18. The molecule has 0 N–H and O–H groups in total. The molecule has 0 saturated heterocycles. The minimum atomic E-state index is -1.22. The molecule has 100 valence electrons. The largest absolute Gasteiger partial charge is 0.496 e. The van der Waals surface area contributed by atoms with Crippen molar-refractivity contribution in [3.05, 3.63) is 39.6 Å². The molecule has 0 spiro atoms. The van der Waals surface area contributed by atoms with Crippen LogP contribution in [0.15, 0.2) is 28.5 Å². The smallest absolute Gasteiger partial charge is 0.126 e. The summed E-state index contributed by atoms with van der Waals surface area (Å²) < 4.78 is 11.0. The molecule has 1 aromatic rings. The first kappa shape index (κ1) is 12.5. The fourth-order valence-corrected chi connectivity index (χ4v) is 5.19. The van der Waals surface area contributed by atoms with Gasteiger partial charge < -0.3 is 9.47 Å². The van der Waals surface area contributed by atoms with E-state index in [4.69, 9.17) is 9.47 Å². The van der Waals surface area contributed by atoms with Gasteiger partial charge in [0.15, 0.2) is 0 Å². The Morgan fingerprint density at radius 2 is 1.63 bits per heavy atom. The second kappa shape index (κ2) is 4.00. The van der Waals surface area contributed by atoms with Gasteiger partial charge in [-0.3, -0.25) is 0 Å². The molecule has 0 amide bonds. The van der Waals surface area contributed by atoms with Gasteiger partial charge in [0, 0.05) is 17.5 Å². The van der Waals surface area contributed by atoms with Gasteiger partial charge in [-0.25, -0.2) is 0 Å². The van der Waals surface area contributed by atoms with Crippen LogP contribution >= 0.6 is 0 Å². The van der Waals surface area contributed by atoms with Gasteiger partial charge in [-0.2, -0.15) is 0 Å². The Bertz CT molecular complexity index is 618. The molecule has 1 aromatic carbocycles. The van der Waals surface area contributed by atoms with Crippen molar-refractivity contribution < 1.29 is 9.47 Å². The van der Waals surface area contributed by atoms with Crippen LogP contribution < -0.4 is 9.47 Å². The molecular weight excluding hydrogens is 252 g/mol. The molecule has 3 heteroatoms. The van der Waals surface area contributed by atoms with Gasteiger partial charge in [0.25, 0.3) is 0 Å². The van der Waals surface area contributed by atoms with E-state index < -0.39 is 8.07 Å². The zero-order valence-electron chi connectivity index (χ0n) is 12.3. The quantitative estimate of drug-likeness (QED) is 0.779. The summed E-state index contributed by atoms with van der Waals surface area (Å²) in [6, 6.07) is 4.00. The summed E-state index contributed by atoms with van der Waals surface area (Å²) in [6.07, 6.45) is 3.30. The molecular formula is C16H20O2Si. The number of ether oxygens (including phenoxy) is 2. The highest BCUT2D eigenvalue weighted by Crippen LogP contribution is 2.53. The maximum absolute atomic E-state index is 5.50. The maximum Gasteiger partial charge on any atom is 0.126 e. The SMILES string of the molecule is COc1ccc(OC)c2c1C=C1C(=C1[Si](C)(C)C)C2. The average molecular weight is 272 g/mol. The Morgan fingerprint density at radius 3 is 2.21 bits per heavy atom. The van der Waals surface area contributed by atoms with Crippen molar-refractivity contribution in [1.29, 1.82) is 0 Å². The molecule has 0 aliphatic heterocycles. The Morgan fingerprint density at radius 1 is 1.00 bits per heavy atom. The van der Waals surface area contributed by atoms with Crippen LogP contribution in [0.1, 0.15) is 11.1 Å². The topological polar surface area (TPSA) is 18.5 Å². The first-order valence-electron chi connectivity index (χ1n) is 6.67. The molecule has 0 fully saturated rings. The van der Waals surface area contributed by atoms with Crippen molar-refractivity contribution in [1.82, 2.24) is 0 Å². The highest BCUT2D eigenvalue weighted by Gasteiger charge is 2.41. The summed E-state index contributed by atoms with van der Waals surface area (Å²) in [5, 5.41) is 1.65. The van der Waals surface area contributed by atoms with Gasteiger partial charge >= 0.3 is 0 Å². The van der Waals surface area contributed by atoms with Crippen LogP contribution in [-0.4, -0.2) is 22.3 Å². The Balaban J connectivity index is 2.12. The molecule has 2 aliphatic rings. The zero-order chi connectivity index (χ0) is 13.8. The standard InChI is InChI=1S/C16H20O2Si/c1-17-14-6-7-15(18-2)11-9-13-12(8-10(11)14)16(13)19(3,4)5/h6-8H,9H2,1-5H3. The van der Waals surface area contributed by atoms with Crippen LogP contribution in [0.5, 0.6) is 11.5 Å². The Labute approximate surface area is 115 Å². The number of fused-ring (bicyclic) bond motifs is 2. The Kier molecular flexibility index (Phi) is 2.64. The third-order valence-electron chi connectivity index (χ3n) is 3.94. The van der Waals surface area contributed by atoms with Crippen LogP contribution in [0.3, 0.4) is 0 Å². The summed E-state index contributed by atoms with van der Waals surface area (Å²) in [4.78, 5) is 0. The summed E-state index contributed by atoms with van der Waals surface area (Å²) in [5.74, 6) is 1.92. The normalized spacial score (nSPS) is 16.6. The van der Waals surface area contributed by atoms with Crippen molar-refractivity contribution >= 4 is 14.1 Å². The van der Waals surface area contributed by atoms with Gasteiger partial charge in [-0.1, -0.05) is 19.6 Å². The molecule has 2 nitrogen and oxygen atoms in total. The van der Waals surface area contributed by atoms with Crippen LogP contribution in [0.25, 0.3) is 6.08 Å². The number of benzene rings is 1. The van der Waals surface area contributed by atoms with Crippen LogP contribution in [0.2, 0.25) is 19.6 Å². The maximum atomic E-state index is 5.50. The van der Waals surface area contributed by atoms with Crippen molar-refractivity contribution in [2.75, 3.05) is 14.2 Å². The fraction of sp³-hybridized carbons (Fsp3) is 0.375. The van der Waals surface area contributed by atoms with Gasteiger partial charge in [0.2, 0.25) is 0 Å². The van der Waals surface area contributed by atoms with E-state index in [0.29, 0.717) is 0 Å². The number of hydrogen-bond acceptors (Lipinski definition) is 2. The predicted molar refractivity (Wildman–Crippen MR) is 81.6 cm³/mol. The summed E-state index contributed by atoms with van der Waals surface area (Å²) in [7, 11) is 2.25. The number of rotatable bonds is 3. The van der Waals surface area contributed by atoms with Gasteiger partial charge in [0.05, 0.1) is 22.3 Å². The predicted octanol–water partition coefficient (Wildman–Crippen LogP) is 3.83. The lowest BCUT2D eigenvalue weighted by Gasteiger charge is -2.16. The first-order valence-corrected chi connectivity index (χ1v) is 10.2. The molecule has 0 radical (unpaired) electrons. The minimum Gasteiger partial charge on any atom is -0.496 e. The highest BCUT2D eigenvalue weighted by atomic mass is 28.3. The van der Waals surface area contributed by atoms with Crippen LogP contribution in [0, 0.1) is 0 Å². The monoisotopic (exact) mass is 272 g/mol. The van der Waals surface area contributed by atoms with E-state index in [1.807, 2.05) is 12.1 Å². The molecule has 0 atom stereocenters. The van der Waals surface area contributed by atoms with Crippen LogP contribution in [-0.2, 0) is 6.42 Å². The molecule has 2 aliphatic carbocycles. The van der Waals surface area contributed by atoms with E-state index in [2.05, 4.69) is 25.7 Å². The number of allylic oxidation sites excluding steroid dienone is 3. The molecule has 0 aromatic heterocycles. The average Bonchev–Trinajstić information content (AvgIpc) is 3.07. The molecule has 3 rings (SSSR count). The summed E-state index contributed by atoms with van der Waals surface area (Å²) in [6.45, 7) is 7.23. The van der Waals surface area contributed by atoms with Gasteiger partial charge in [0.1, 0.15) is 11.5 Å². The Hall–Kier alpha value is -1.48. The second-order valence-electron chi connectivity index (χ2n) is 6.20. The molecule has 0 unspecified atom stereocenters. The zero-order valence-corrected chi connectivity index (χ0v) is 13.3. The lowest BCUT2D eigenvalue weighted by atomic mass is 9.95. The molecule has 0 heterocycles. The number of hydrogen-bond donors (Lipinski definition) is 0. The van der Waals surface area contributed by atoms with E-state index in [1.165, 1.54) is 16.7 Å². The first-order chi connectivity index (χ1) is 8.97. The third-order valence-corrected chi connectivity index (χ3v) is 6.01. The minimum absolute atomic E-state index is 0.948. The van der Waals surface area contributed by atoms with Gasteiger partial charge in [-0.05, 0) is 34.6 Å². The van der Waals surface area contributed by atoms with E-state index in [-0.39, 0.29) is 0 Å². The third kappa shape index (κ3) is 1.84.